The standard InChI is InChI=1S/C20H24N6O3/c1-2-29-16-8-6-15(7-9-16)21-18(27)14-26-20(28)25-13-10-17(22-19(25)23-26)24-11-4-3-5-12-24/h6-10,13H,2-5,11-12,14H2,1H3,(H,21,27). The summed E-state index contributed by atoms with van der Waals surface area (Å²) in [5.41, 5.74) is 0.236. The Morgan fingerprint density at radius 2 is 1.90 bits per heavy atom. The zero-order chi connectivity index (χ0) is 20.2. The predicted octanol–water partition coefficient (Wildman–Crippen LogP) is 1.92. The van der Waals surface area contributed by atoms with Crippen LogP contribution in [0, 0.1) is 0 Å². The van der Waals surface area contributed by atoms with Crippen LogP contribution in [-0.4, -0.2) is 44.8 Å². The van der Waals surface area contributed by atoms with Crippen LogP contribution in [-0.2, 0) is 11.3 Å². The van der Waals surface area contributed by atoms with Crippen LogP contribution < -0.4 is 20.6 Å². The Morgan fingerprint density at radius 3 is 2.62 bits per heavy atom. The molecule has 0 unspecified atom stereocenters. The van der Waals surface area contributed by atoms with Gasteiger partial charge in [0.05, 0.1) is 6.61 Å². The van der Waals surface area contributed by atoms with Gasteiger partial charge in [-0.05, 0) is 56.5 Å². The van der Waals surface area contributed by atoms with Crippen molar-refractivity contribution in [3.8, 4) is 5.75 Å². The van der Waals surface area contributed by atoms with Gasteiger partial charge in [-0.25, -0.2) is 13.9 Å². The Bertz CT molecular complexity index is 1050. The molecular weight excluding hydrogens is 372 g/mol. The normalized spacial score (nSPS) is 14.2. The number of nitrogens with zero attached hydrogens (tertiary/aromatic N) is 5. The number of ether oxygens (including phenoxy) is 1. The van der Waals surface area contributed by atoms with Crippen molar-refractivity contribution in [2.75, 3.05) is 29.9 Å². The lowest BCUT2D eigenvalue weighted by molar-refractivity contribution is -0.117. The summed E-state index contributed by atoms with van der Waals surface area (Å²) in [5.74, 6) is 1.51. The van der Waals surface area contributed by atoms with Gasteiger partial charge in [-0.1, -0.05) is 0 Å². The molecule has 9 nitrogen and oxygen atoms in total. The van der Waals surface area contributed by atoms with Crippen LogP contribution in [0.2, 0.25) is 0 Å². The molecule has 4 rings (SSSR count). The summed E-state index contributed by atoms with van der Waals surface area (Å²) in [6.45, 7) is 4.22. The highest BCUT2D eigenvalue weighted by molar-refractivity contribution is 5.90. The third-order valence-corrected chi connectivity index (χ3v) is 4.86. The maximum absolute atomic E-state index is 12.5. The molecule has 3 heterocycles. The summed E-state index contributed by atoms with van der Waals surface area (Å²) in [7, 11) is 0. The number of piperidine rings is 1. The second-order valence-corrected chi connectivity index (χ2v) is 6.95. The molecule has 1 aromatic carbocycles. The van der Waals surface area contributed by atoms with Crippen LogP contribution in [0.4, 0.5) is 11.5 Å². The Hall–Kier alpha value is -3.36. The number of nitrogens with one attached hydrogen (secondary N) is 1. The maximum atomic E-state index is 12.5. The second kappa shape index (κ2) is 8.34. The number of carbonyl (C=O) groups excluding carboxylic acids is 1. The number of fused-ring (bicyclic) bond motifs is 1. The zero-order valence-corrected chi connectivity index (χ0v) is 16.4. The largest absolute Gasteiger partial charge is 0.494 e. The molecule has 2 aromatic heterocycles. The molecule has 0 bridgehead atoms. The van der Waals surface area contributed by atoms with E-state index in [0.717, 1.165) is 42.2 Å². The molecule has 1 amide bonds. The second-order valence-electron chi connectivity index (χ2n) is 6.95. The number of benzene rings is 1. The fourth-order valence-corrected chi connectivity index (χ4v) is 3.44. The number of aromatic nitrogens is 4. The van der Waals surface area contributed by atoms with Crippen LogP contribution in [0.1, 0.15) is 26.2 Å². The third kappa shape index (κ3) is 4.23. The minimum absolute atomic E-state index is 0.186. The van der Waals surface area contributed by atoms with Crippen LogP contribution in [0.15, 0.2) is 41.3 Å². The van der Waals surface area contributed by atoms with Gasteiger partial charge < -0.3 is 15.0 Å². The van der Waals surface area contributed by atoms with Gasteiger partial charge in [-0.2, -0.15) is 4.98 Å². The molecule has 152 valence electrons. The molecule has 1 N–H and O–H groups in total. The first-order chi connectivity index (χ1) is 14.1. The lowest BCUT2D eigenvalue weighted by Gasteiger charge is -2.27. The van der Waals surface area contributed by atoms with E-state index >= 15 is 0 Å². The number of hydrogen-bond donors (Lipinski definition) is 1. The highest BCUT2D eigenvalue weighted by atomic mass is 16.5. The van der Waals surface area contributed by atoms with E-state index in [1.165, 1.54) is 10.8 Å². The van der Waals surface area contributed by atoms with E-state index in [9.17, 15) is 9.59 Å². The van der Waals surface area contributed by atoms with Crippen LogP contribution in [0.3, 0.4) is 0 Å². The van der Waals surface area contributed by atoms with Crippen LogP contribution >= 0.6 is 0 Å². The molecule has 0 aliphatic carbocycles. The van der Waals surface area contributed by atoms with E-state index in [0.29, 0.717) is 18.1 Å². The van der Waals surface area contributed by atoms with Crippen molar-refractivity contribution >= 4 is 23.2 Å². The highest BCUT2D eigenvalue weighted by Gasteiger charge is 2.16. The van der Waals surface area contributed by atoms with E-state index in [1.54, 1.807) is 30.5 Å². The summed E-state index contributed by atoms with van der Waals surface area (Å²) in [4.78, 5) is 31.6. The van der Waals surface area contributed by atoms with Gasteiger partial charge in [0.25, 0.3) is 5.78 Å². The molecular formula is C20H24N6O3. The molecule has 0 spiro atoms. The first-order valence-corrected chi connectivity index (χ1v) is 9.88. The molecule has 1 aliphatic rings. The summed E-state index contributed by atoms with van der Waals surface area (Å²) >= 11 is 0. The van der Waals surface area contributed by atoms with Gasteiger partial charge in [0.1, 0.15) is 18.1 Å². The van der Waals surface area contributed by atoms with Gasteiger partial charge in [-0.15, -0.1) is 5.10 Å². The minimum Gasteiger partial charge on any atom is -0.494 e. The van der Waals surface area contributed by atoms with Gasteiger partial charge in [0.2, 0.25) is 5.91 Å². The molecule has 29 heavy (non-hydrogen) atoms. The molecule has 3 aromatic rings. The number of anilines is 2. The summed E-state index contributed by atoms with van der Waals surface area (Å²) in [5, 5.41) is 7.00. The minimum atomic E-state index is -0.389. The predicted molar refractivity (Wildman–Crippen MR) is 110 cm³/mol. The zero-order valence-electron chi connectivity index (χ0n) is 16.4. The third-order valence-electron chi connectivity index (χ3n) is 4.86. The summed E-state index contributed by atoms with van der Waals surface area (Å²) in [6.07, 6.45) is 5.18. The lowest BCUT2D eigenvalue weighted by Crippen LogP contribution is -2.30. The van der Waals surface area contributed by atoms with E-state index < -0.39 is 0 Å². The summed E-state index contributed by atoms with van der Waals surface area (Å²) < 4.78 is 7.87. The van der Waals surface area contributed by atoms with E-state index in [1.807, 2.05) is 13.0 Å². The first-order valence-electron chi connectivity index (χ1n) is 9.88. The fourth-order valence-electron chi connectivity index (χ4n) is 3.44. The van der Waals surface area contributed by atoms with Gasteiger partial charge in [0, 0.05) is 25.0 Å². The van der Waals surface area contributed by atoms with Gasteiger partial charge in [-0.3, -0.25) is 4.79 Å². The summed E-state index contributed by atoms with van der Waals surface area (Å²) in [6, 6.07) is 8.89. The molecule has 1 aliphatic heterocycles. The van der Waals surface area contributed by atoms with Crippen molar-refractivity contribution in [2.45, 2.75) is 32.7 Å². The number of amides is 1. The average molecular weight is 396 g/mol. The molecule has 0 saturated carbocycles. The quantitative estimate of drug-likeness (QED) is 0.684. The Labute approximate surface area is 167 Å². The number of hydrogen-bond acceptors (Lipinski definition) is 6. The average Bonchev–Trinajstić information content (AvgIpc) is 3.05. The number of carbonyl (C=O) groups is 1. The van der Waals surface area contributed by atoms with Crippen LogP contribution in [0.25, 0.3) is 5.78 Å². The van der Waals surface area contributed by atoms with Crippen molar-refractivity contribution in [3.05, 3.63) is 47.0 Å². The first kappa shape index (κ1) is 19.0. The molecule has 0 radical (unpaired) electrons. The molecule has 0 atom stereocenters. The Kier molecular flexibility index (Phi) is 5.46. The maximum Gasteiger partial charge on any atom is 0.352 e. The van der Waals surface area contributed by atoms with Crippen molar-refractivity contribution in [3.63, 3.8) is 0 Å². The van der Waals surface area contributed by atoms with E-state index in [2.05, 4.69) is 20.3 Å². The molecule has 1 fully saturated rings. The Balaban J connectivity index is 1.47. The fraction of sp³-hybridized carbons (Fsp3) is 0.400. The molecule has 9 heteroatoms. The van der Waals surface area contributed by atoms with Crippen LogP contribution in [0.5, 0.6) is 5.75 Å². The van der Waals surface area contributed by atoms with Crippen molar-refractivity contribution in [2.24, 2.45) is 0 Å². The Morgan fingerprint density at radius 1 is 1.14 bits per heavy atom. The van der Waals surface area contributed by atoms with Crippen molar-refractivity contribution in [1.82, 2.24) is 19.2 Å². The van der Waals surface area contributed by atoms with Crippen molar-refractivity contribution < 1.29 is 9.53 Å². The van der Waals surface area contributed by atoms with Gasteiger partial charge in [0.15, 0.2) is 0 Å². The number of rotatable bonds is 6. The SMILES string of the molecule is CCOc1ccc(NC(=O)Cn2nc3nc(N4CCCCC4)ccn3c2=O)cc1. The van der Waals surface area contributed by atoms with Gasteiger partial charge >= 0.3 is 5.69 Å². The van der Waals surface area contributed by atoms with Crippen molar-refractivity contribution in [1.29, 1.82) is 0 Å². The molecule has 1 saturated heterocycles. The topological polar surface area (TPSA) is 93.8 Å². The lowest BCUT2D eigenvalue weighted by atomic mass is 10.1. The smallest absolute Gasteiger partial charge is 0.352 e. The monoisotopic (exact) mass is 396 g/mol. The highest BCUT2D eigenvalue weighted by Crippen LogP contribution is 2.17. The van der Waals surface area contributed by atoms with E-state index in [-0.39, 0.29) is 18.1 Å². The van der Waals surface area contributed by atoms with E-state index in [4.69, 9.17) is 4.74 Å².